The first-order chi connectivity index (χ1) is 8.81. The van der Waals surface area contributed by atoms with Crippen LogP contribution in [0.2, 0.25) is 0 Å². The summed E-state index contributed by atoms with van der Waals surface area (Å²) in [7, 11) is 0. The van der Waals surface area contributed by atoms with E-state index in [0.717, 1.165) is 44.2 Å². The minimum atomic E-state index is 0.712. The Morgan fingerprint density at radius 1 is 1.28 bits per heavy atom. The van der Waals surface area contributed by atoms with E-state index in [1.807, 2.05) is 12.1 Å². The van der Waals surface area contributed by atoms with Crippen LogP contribution in [0.4, 0.5) is 0 Å². The molecule has 0 radical (unpaired) electrons. The molecule has 3 heteroatoms. The van der Waals surface area contributed by atoms with Crippen molar-refractivity contribution in [3.8, 4) is 11.5 Å². The smallest absolute Gasteiger partial charge is 0.165 e. The van der Waals surface area contributed by atoms with E-state index in [-0.39, 0.29) is 0 Å². The summed E-state index contributed by atoms with van der Waals surface area (Å²) in [5, 5.41) is 3.49. The first-order valence-corrected chi connectivity index (χ1v) is 6.89. The predicted molar refractivity (Wildman–Crippen MR) is 73.2 cm³/mol. The Morgan fingerprint density at radius 3 is 2.94 bits per heavy atom. The van der Waals surface area contributed by atoms with E-state index < -0.39 is 0 Å². The van der Waals surface area contributed by atoms with Gasteiger partial charge in [-0.25, -0.2) is 0 Å². The highest BCUT2D eigenvalue weighted by atomic mass is 16.5. The van der Waals surface area contributed by atoms with Crippen LogP contribution in [0.3, 0.4) is 0 Å². The highest BCUT2D eigenvalue weighted by molar-refractivity contribution is 5.46. The lowest BCUT2D eigenvalue weighted by Gasteiger charge is -2.14. The number of hydrogen-bond acceptors (Lipinski definition) is 3. The third kappa shape index (κ3) is 3.39. The molecule has 0 fully saturated rings. The monoisotopic (exact) mass is 249 g/mol. The van der Waals surface area contributed by atoms with Gasteiger partial charge in [0.1, 0.15) is 0 Å². The quantitative estimate of drug-likeness (QED) is 0.870. The van der Waals surface area contributed by atoms with E-state index in [2.05, 4.69) is 25.2 Å². The molecule has 0 spiro atoms. The topological polar surface area (TPSA) is 30.5 Å². The molecule has 0 saturated carbocycles. The summed E-state index contributed by atoms with van der Waals surface area (Å²) in [4.78, 5) is 0. The van der Waals surface area contributed by atoms with Crippen molar-refractivity contribution < 1.29 is 9.47 Å². The van der Waals surface area contributed by atoms with Gasteiger partial charge in [0, 0.05) is 18.5 Å². The molecule has 0 aliphatic carbocycles. The Bertz CT molecular complexity index is 379. The lowest BCUT2D eigenvalue weighted by Crippen LogP contribution is -2.20. The summed E-state index contributed by atoms with van der Waals surface area (Å²) < 4.78 is 11.5. The fourth-order valence-electron chi connectivity index (χ4n) is 1.99. The molecular weight excluding hydrogens is 226 g/mol. The van der Waals surface area contributed by atoms with Gasteiger partial charge >= 0.3 is 0 Å². The molecule has 0 saturated heterocycles. The molecule has 1 aromatic carbocycles. The van der Waals surface area contributed by atoms with Crippen molar-refractivity contribution in [2.24, 2.45) is 5.92 Å². The van der Waals surface area contributed by atoms with E-state index in [1.165, 1.54) is 12.0 Å². The van der Waals surface area contributed by atoms with Crippen molar-refractivity contribution in [2.45, 2.75) is 33.2 Å². The Labute approximate surface area is 109 Å². The van der Waals surface area contributed by atoms with Gasteiger partial charge in [-0.3, -0.25) is 0 Å². The fraction of sp³-hybridized carbons (Fsp3) is 0.600. The minimum absolute atomic E-state index is 0.712. The maximum atomic E-state index is 5.80. The van der Waals surface area contributed by atoms with Crippen LogP contribution in [0.15, 0.2) is 18.2 Å². The maximum absolute atomic E-state index is 5.80. The molecule has 1 aliphatic heterocycles. The van der Waals surface area contributed by atoms with Crippen LogP contribution < -0.4 is 14.8 Å². The molecule has 1 atom stereocenters. The number of benzene rings is 1. The largest absolute Gasteiger partial charge is 0.490 e. The van der Waals surface area contributed by atoms with Gasteiger partial charge in [-0.2, -0.15) is 0 Å². The second kappa shape index (κ2) is 6.64. The molecule has 0 amide bonds. The van der Waals surface area contributed by atoms with Crippen LogP contribution in [-0.2, 0) is 6.54 Å². The molecule has 1 N–H and O–H groups in total. The van der Waals surface area contributed by atoms with Crippen LogP contribution >= 0.6 is 0 Å². The highest BCUT2D eigenvalue weighted by Crippen LogP contribution is 2.33. The summed E-state index contributed by atoms with van der Waals surface area (Å²) >= 11 is 0. The molecule has 1 unspecified atom stereocenters. The van der Waals surface area contributed by atoms with Crippen molar-refractivity contribution in [3.63, 3.8) is 0 Å². The number of fused-ring (bicyclic) bond motifs is 1. The SMILES string of the molecule is CCC(C)CNCc1cccc2c1OCCCO2. The summed E-state index contributed by atoms with van der Waals surface area (Å²) in [6.07, 6.45) is 2.16. The van der Waals surface area contributed by atoms with Gasteiger partial charge in [0.05, 0.1) is 13.2 Å². The van der Waals surface area contributed by atoms with Gasteiger partial charge in [0.15, 0.2) is 11.5 Å². The highest BCUT2D eigenvalue weighted by Gasteiger charge is 2.14. The fourth-order valence-corrected chi connectivity index (χ4v) is 1.99. The van der Waals surface area contributed by atoms with Crippen molar-refractivity contribution in [2.75, 3.05) is 19.8 Å². The van der Waals surface area contributed by atoms with Crippen molar-refractivity contribution in [1.29, 1.82) is 0 Å². The normalized spacial score (nSPS) is 16.1. The Kier molecular flexibility index (Phi) is 4.88. The molecule has 100 valence electrons. The Hall–Kier alpha value is -1.22. The van der Waals surface area contributed by atoms with Crippen LogP contribution in [0.25, 0.3) is 0 Å². The molecule has 1 heterocycles. The molecule has 1 aromatic rings. The number of para-hydroxylation sites is 1. The molecule has 0 bridgehead atoms. The van der Waals surface area contributed by atoms with Crippen LogP contribution in [0.5, 0.6) is 11.5 Å². The summed E-state index contributed by atoms with van der Waals surface area (Å²) in [6, 6.07) is 6.13. The Balaban J connectivity index is 1.99. The first kappa shape index (κ1) is 13.2. The summed E-state index contributed by atoms with van der Waals surface area (Å²) in [6.45, 7) is 7.86. The zero-order valence-corrected chi connectivity index (χ0v) is 11.4. The zero-order chi connectivity index (χ0) is 12.8. The summed E-state index contributed by atoms with van der Waals surface area (Å²) in [5.41, 5.74) is 1.19. The number of nitrogens with one attached hydrogen (secondary N) is 1. The van der Waals surface area contributed by atoms with Gasteiger partial charge < -0.3 is 14.8 Å². The van der Waals surface area contributed by atoms with E-state index in [4.69, 9.17) is 9.47 Å². The average molecular weight is 249 g/mol. The van der Waals surface area contributed by atoms with Crippen LogP contribution in [0.1, 0.15) is 32.3 Å². The van der Waals surface area contributed by atoms with Crippen molar-refractivity contribution in [3.05, 3.63) is 23.8 Å². The van der Waals surface area contributed by atoms with Crippen molar-refractivity contribution >= 4 is 0 Å². The lowest BCUT2D eigenvalue weighted by atomic mass is 10.1. The van der Waals surface area contributed by atoms with Gasteiger partial charge in [-0.05, 0) is 18.5 Å². The molecule has 18 heavy (non-hydrogen) atoms. The molecule has 3 nitrogen and oxygen atoms in total. The third-order valence-corrected chi connectivity index (χ3v) is 3.36. The average Bonchev–Trinajstić information content (AvgIpc) is 2.64. The second-order valence-corrected chi connectivity index (χ2v) is 4.94. The molecule has 1 aliphatic rings. The number of rotatable bonds is 5. The zero-order valence-electron chi connectivity index (χ0n) is 11.4. The standard InChI is InChI=1S/C15H23NO2/c1-3-12(2)10-16-11-13-6-4-7-14-15(13)18-9-5-8-17-14/h4,6-7,12,16H,3,5,8-11H2,1-2H3. The molecule has 0 aromatic heterocycles. The lowest BCUT2D eigenvalue weighted by molar-refractivity contribution is 0.296. The van der Waals surface area contributed by atoms with E-state index in [0.29, 0.717) is 5.92 Å². The molecular formula is C15H23NO2. The second-order valence-electron chi connectivity index (χ2n) is 4.94. The van der Waals surface area contributed by atoms with Gasteiger partial charge in [0.25, 0.3) is 0 Å². The first-order valence-electron chi connectivity index (χ1n) is 6.89. The van der Waals surface area contributed by atoms with Crippen molar-refractivity contribution in [1.82, 2.24) is 5.32 Å². The Morgan fingerprint density at radius 2 is 2.11 bits per heavy atom. The maximum Gasteiger partial charge on any atom is 0.165 e. The number of hydrogen-bond donors (Lipinski definition) is 1. The van der Waals surface area contributed by atoms with Crippen LogP contribution in [-0.4, -0.2) is 19.8 Å². The van der Waals surface area contributed by atoms with Crippen LogP contribution in [0, 0.1) is 5.92 Å². The van der Waals surface area contributed by atoms with E-state index >= 15 is 0 Å². The van der Waals surface area contributed by atoms with E-state index in [9.17, 15) is 0 Å². The van der Waals surface area contributed by atoms with Gasteiger partial charge in [-0.15, -0.1) is 0 Å². The minimum Gasteiger partial charge on any atom is -0.490 e. The van der Waals surface area contributed by atoms with Gasteiger partial charge in [0.2, 0.25) is 0 Å². The van der Waals surface area contributed by atoms with Gasteiger partial charge in [-0.1, -0.05) is 32.4 Å². The summed E-state index contributed by atoms with van der Waals surface area (Å²) in [5.74, 6) is 2.52. The van der Waals surface area contributed by atoms with E-state index in [1.54, 1.807) is 0 Å². The third-order valence-electron chi connectivity index (χ3n) is 3.36. The predicted octanol–water partition coefficient (Wildman–Crippen LogP) is 2.98. The number of ether oxygens (including phenoxy) is 2. The molecule has 2 rings (SSSR count).